The smallest absolute Gasteiger partial charge is 0.304 e. The van der Waals surface area contributed by atoms with Crippen molar-refractivity contribution in [3.8, 4) is 0 Å². The Kier molecular flexibility index (Phi) is 3.76. The van der Waals surface area contributed by atoms with E-state index in [1.807, 2.05) is 0 Å². The normalized spacial score (nSPS) is 12.3. The van der Waals surface area contributed by atoms with E-state index in [1.165, 1.54) is 12.1 Å². The summed E-state index contributed by atoms with van der Waals surface area (Å²) in [6, 6.07) is 5.75. The second-order valence-corrected chi connectivity index (χ2v) is 4.67. The summed E-state index contributed by atoms with van der Waals surface area (Å²) >= 11 is 3.23. The van der Waals surface area contributed by atoms with E-state index in [4.69, 9.17) is 5.11 Å². The van der Waals surface area contributed by atoms with E-state index in [9.17, 15) is 9.18 Å². The van der Waals surface area contributed by atoms with Gasteiger partial charge in [0.1, 0.15) is 16.2 Å². The van der Waals surface area contributed by atoms with Crippen molar-refractivity contribution in [2.24, 2.45) is 0 Å². The highest BCUT2D eigenvalue weighted by Crippen LogP contribution is 2.26. The maximum atomic E-state index is 12.9. The largest absolute Gasteiger partial charge is 0.481 e. The molecule has 0 saturated carbocycles. The molecule has 2 N–H and O–H groups in total. The van der Waals surface area contributed by atoms with Crippen molar-refractivity contribution in [2.75, 3.05) is 0 Å². The number of hydrogen-bond donors (Lipinski definition) is 2. The van der Waals surface area contributed by atoms with Crippen LogP contribution in [0.25, 0.3) is 0 Å². The lowest BCUT2D eigenvalue weighted by Gasteiger charge is -2.12. The monoisotopic (exact) mass is 312 g/mol. The molecule has 0 aliphatic heterocycles. The molecule has 1 aromatic heterocycles. The number of aromatic nitrogens is 2. The summed E-state index contributed by atoms with van der Waals surface area (Å²) < 4.78 is 13.5. The van der Waals surface area contributed by atoms with Gasteiger partial charge in [-0.05, 0) is 33.6 Å². The van der Waals surface area contributed by atoms with Gasteiger partial charge in [-0.2, -0.15) is 0 Å². The van der Waals surface area contributed by atoms with Gasteiger partial charge in [-0.25, -0.2) is 9.37 Å². The Morgan fingerprint density at radius 3 is 2.61 bits per heavy atom. The lowest BCUT2D eigenvalue weighted by molar-refractivity contribution is -0.137. The van der Waals surface area contributed by atoms with Crippen molar-refractivity contribution in [1.82, 2.24) is 9.97 Å². The van der Waals surface area contributed by atoms with Crippen LogP contribution < -0.4 is 0 Å². The molecule has 0 aliphatic carbocycles. The summed E-state index contributed by atoms with van der Waals surface area (Å²) in [5.74, 6) is -1.17. The number of nitrogens with one attached hydrogen (secondary N) is 1. The first-order valence-electron chi connectivity index (χ1n) is 5.24. The fourth-order valence-electron chi connectivity index (χ4n) is 1.73. The van der Waals surface area contributed by atoms with Gasteiger partial charge in [0, 0.05) is 0 Å². The van der Waals surface area contributed by atoms with E-state index >= 15 is 0 Å². The highest BCUT2D eigenvalue weighted by atomic mass is 79.9. The van der Waals surface area contributed by atoms with Crippen LogP contribution in [0.15, 0.2) is 35.1 Å². The third-order valence-electron chi connectivity index (χ3n) is 2.55. The average Bonchev–Trinajstić information content (AvgIpc) is 2.74. The predicted molar refractivity (Wildman–Crippen MR) is 66.8 cm³/mol. The lowest BCUT2D eigenvalue weighted by atomic mass is 9.95. The van der Waals surface area contributed by atoms with E-state index in [0.29, 0.717) is 16.0 Å². The number of carboxylic acid groups (broad SMARTS) is 1. The maximum absolute atomic E-state index is 12.9. The van der Waals surface area contributed by atoms with Crippen LogP contribution in [0.4, 0.5) is 4.39 Å². The molecule has 1 aromatic carbocycles. The first kappa shape index (κ1) is 12.8. The van der Waals surface area contributed by atoms with Crippen LogP contribution in [-0.2, 0) is 4.79 Å². The number of aromatic amines is 1. The molecule has 94 valence electrons. The zero-order valence-electron chi connectivity index (χ0n) is 9.23. The standard InChI is InChI=1S/C12H10BrFN2O2/c13-10-6-15-12(16-10)9(5-11(17)18)7-1-3-8(14)4-2-7/h1-4,6,9H,5H2,(H,15,16)(H,17,18). The number of halogens is 2. The molecule has 0 aliphatic rings. The molecule has 0 radical (unpaired) electrons. The van der Waals surface area contributed by atoms with Crippen LogP contribution in [0.2, 0.25) is 0 Å². The van der Waals surface area contributed by atoms with Gasteiger partial charge in [0.05, 0.1) is 18.5 Å². The first-order valence-corrected chi connectivity index (χ1v) is 6.03. The van der Waals surface area contributed by atoms with E-state index < -0.39 is 11.9 Å². The van der Waals surface area contributed by atoms with E-state index in [-0.39, 0.29) is 12.2 Å². The number of benzene rings is 1. The second kappa shape index (κ2) is 5.30. The summed E-state index contributed by atoms with van der Waals surface area (Å²) in [4.78, 5) is 18.0. The van der Waals surface area contributed by atoms with Gasteiger partial charge in [0.15, 0.2) is 0 Å². The molecular formula is C12H10BrFN2O2. The molecule has 0 fully saturated rings. The van der Waals surface area contributed by atoms with E-state index in [0.717, 1.165) is 0 Å². The topological polar surface area (TPSA) is 66.0 Å². The Morgan fingerprint density at radius 1 is 1.44 bits per heavy atom. The van der Waals surface area contributed by atoms with Crippen molar-refractivity contribution in [2.45, 2.75) is 12.3 Å². The molecule has 0 bridgehead atoms. The zero-order valence-corrected chi connectivity index (χ0v) is 10.8. The number of carbonyl (C=O) groups is 1. The third kappa shape index (κ3) is 2.95. The second-order valence-electron chi connectivity index (χ2n) is 3.82. The molecule has 18 heavy (non-hydrogen) atoms. The number of aliphatic carboxylic acids is 1. The Labute approximate surface area is 111 Å². The number of nitrogens with zero attached hydrogens (tertiary/aromatic N) is 1. The summed E-state index contributed by atoms with van der Waals surface area (Å²) in [7, 11) is 0. The predicted octanol–water partition coefficient (Wildman–Crippen LogP) is 2.92. The molecule has 0 spiro atoms. The molecule has 6 heteroatoms. The fourth-order valence-corrected chi connectivity index (χ4v) is 2.04. The summed E-state index contributed by atoms with van der Waals surface area (Å²) in [5.41, 5.74) is 0.709. The molecule has 0 amide bonds. The van der Waals surface area contributed by atoms with Crippen LogP contribution in [0, 0.1) is 5.82 Å². The Bertz CT molecular complexity index is 553. The minimum absolute atomic E-state index is 0.106. The Balaban J connectivity index is 2.36. The minimum Gasteiger partial charge on any atom is -0.481 e. The number of imidazole rings is 1. The number of carboxylic acids is 1. The van der Waals surface area contributed by atoms with Gasteiger partial charge in [-0.1, -0.05) is 12.1 Å². The molecule has 1 atom stereocenters. The van der Waals surface area contributed by atoms with Crippen molar-refractivity contribution >= 4 is 21.9 Å². The summed E-state index contributed by atoms with van der Waals surface area (Å²) in [6.45, 7) is 0. The van der Waals surface area contributed by atoms with E-state index in [2.05, 4.69) is 25.9 Å². The lowest BCUT2D eigenvalue weighted by Crippen LogP contribution is -2.09. The molecule has 4 nitrogen and oxygen atoms in total. The van der Waals surface area contributed by atoms with Gasteiger partial charge in [-0.15, -0.1) is 0 Å². The maximum Gasteiger partial charge on any atom is 0.304 e. The molecule has 2 aromatic rings. The molecule has 1 unspecified atom stereocenters. The van der Waals surface area contributed by atoms with Crippen molar-refractivity contribution in [1.29, 1.82) is 0 Å². The quantitative estimate of drug-likeness (QED) is 0.912. The van der Waals surface area contributed by atoms with Crippen LogP contribution >= 0.6 is 15.9 Å². The number of hydrogen-bond acceptors (Lipinski definition) is 2. The van der Waals surface area contributed by atoms with E-state index in [1.54, 1.807) is 18.3 Å². The van der Waals surface area contributed by atoms with Crippen LogP contribution in [0.3, 0.4) is 0 Å². The van der Waals surface area contributed by atoms with Gasteiger partial charge >= 0.3 is 5.97 Å². The van der Waals surface area contributed by atoms with Crippen LogP contribution in [-0.4, -0.2) is 21.0 Å². The van der Waals surface area contributed by atoms with Crippen LogP contribution in [0.5, 0.6) is 0 Å². The highest BCUT2D eigenvalue weighted by Gasteiger charge is 2.20. The molecule has 2 rings (SSSR count). The van der Waals surface area contributed by atoms with Gasteiger partial charge in [0.25, 0.3) is 0 Å². The van der Waals surface area contributed by atoms with Crippen LogP contribution in [0.1, 0.15) is 23.7 Å². The molecular weight excluding hydrogens is 303 g/mol. The van der Waals surface area contributed by atoms with Gasteiger partial charge in [-0.3, -0.25) is 4.79 Å². The SMILES string of the molecule is O=C(O)CC(c1ccc(F)cc1)c1ncc(Br)[nH]1. The molecule has 0 saturated heterocycles. The summed E-state index contributed by atoms with van der Waals surface area (Å²) in [6.07, 6.45) is 1.46. The fraction of sp³-hybridized carbons (Fsp3) is 0.167. The zero-order chi connectivity index (χ0) is 13.1. The summed E-state index contributed by atoms with van der Waals surface area (Å²) in [5, 5.41) is 8.94. The average molecular weight is 313 g/mol. The van der Waals surface area contributed by atoms with Crippen molar-refractivity contribution in [3.05, 3.63) is 52.3 Å². The van der Waals surface area contributed by atoms with Crippen molar-refractivity contribution < 1.29 is 14.3 Å². The van der Waals surface area contributed by atoms with Gasteiger partial charge in [0.2, 0.25) is 0 Å². The molecule has 1 heterocycles. The Hall–Kier alpha value is -1.69. The minimum atomic E-state index is -0.933. The first-order chi connectivity index (χ1) is 8.56. The number of H-pyrrole nitrogens is 1. The Morgan fingerprint density at radius 2 is 2.11 bits per heavy atom. The third-order valence-corrected chi connectivity index (χ3v) is 2.95. The van der Waals surface area contributed by atoms with Gasteiger partial charge < -0.3 is 10.1 Å². The van der Waals surface area contributed by atoms with Crippen molar-refractivity contribution in [3.63, 3.8) is 0 Å². The number of rotatable bonds is 4. The highest BCUT2D eigenvalue weighted by molar-refractivity contribution is 9.10.